The largest absolute Gasteiger partial charge is 0.481 e. The maximum absolute atomic E-state index is 11.4. The molecule has 0 radical (unpaired) electrons. The number of hydrogen-bond donors (Lipinski definition) is 2. The molecular formula is C12H13BrO3. The first kappa shape index (κ1) is 11.6. The van der Waals surface area contributed by atoms with Gasteiger partial charge in [-0.3, -0.25) is 4.79 Å². The number of aliphatic carboxylic acids is 1. The van der Waals surface area contributed by atoms with Gasteiger partial charge in [-0.15, -0.1) is 0 Å². The number of rotatable bonds is 2. The molecule has 0 atom stereocenters. The molecule has 0 heterocycles. The summed E-state index contributed by atoms with van der Waals surface area (Å²) in [6.45, 7) is 1.67. The lowest BCUT2D eigenvalue weighted by atomic mass is 9.57. The Morgan fingerprint density at radius 2 is 2.06 bits per heavy atom. The van der Waals surface area contributed by atoms with Gasteiger partial charge in [0.2, 0.25) is 0 Å². The van der Waals surface area contributed by atoms with Crippen LogP contribution in [0.25, 0.3) is 0 Å². The van der Waals surface area contributed by atoms with Crippen LogP contribution >= 0.6 is 15.9 Å². The summed E-state index contributed by atoms with van der Waals surface area (Å²) in [6.07, 6.45) is 0.539. The summed E-state index contributed by atoms with van der Waals surface area (Å²) in [5.74, 6) is -0.864. The monoisotopic (exact) mass is 284 g/mol. The Morgan fingerprint density at radius 3 is 2.50 bits per heavy atom. The summed E-state index contributed by atoms with van der Waals surface area (Å²) in [7, 11) is 0. The van der Waals surface area contributed by atoms with Gasteiger partial charge in [-0.05, 0) is 37.5 Å². The second-order valence-corrected chi connectivity index (χ2v) is 5.66. The molecule has 1 aromatic rings. The van der Waals surface area contributed by atoms with Gasteiger partial charge in [-0.1, -0.05) is 28.1 Å². The minimum atomic E-state index is -0.923. The number of carbonyl (C=O) groups is 1. The minimum absolute atomic E-state index is 0.270. The van der Waals surface area contributed by atoms with Crippen LogP contribution in [-0.4, -0.2) is 21.8 Å². The molecule has 2 rings (SSSR count). The van der Waals surface area contributed by atoms with Crippen molar-refractivity contribution in [3.63, 3.8) is 0 Å². The van der Waals surface area contributed by atoms with Crippen molar-refractivity contribution in [2.75, 3.05) is 0 Å². The van der Waals surface area contributed by atoms with E-state index in [9.17, 15) is 15.0 Å². The van der Waals surface area contributed by atoms with Gasteiger partial charge in [0.25, 0.3) is 0 Å². The second-order valence-electron chi connectivity index (χ2n) is 4.75. The van der Waals surface area contributed by atoms with Crippen LogP contribution in [0.5, 0.6) is 0 Å². The van der Waals surface area contributed by atoms with Gasteiger partial charge in [-0.25, -0.2) is 0 Å². The Morgan fingerprint density at radius 1 is 1.44 bits per heavy atom. The van der Waals surface area contributed by atoms with Crippen molar-refractivity contribution < 1.29 is 15.0 Å². The van der Waals surface area contributed by atoms with Gasteiger partial charge in [0, 0.05) is 4.47 Å². The molecule has 0 saturated heterocycles. The van der Waals surface area contributed by atoms with E-state index in [0.29, 0.717) is 0 Å². The van der Waals surface area contributed by atoms with Crippen molar-refractivity contribution in [2.24, 2.45) is 0 Å². The zero-order valence-electron chi connectivity index (χ0n) is 8.90. The van der Waals surface area contributed by atoms with Crippen molar-refractivity contribution in [1.82, 2.24) is 0 Å². The van der Waals surface area contributed by atoms with Gasteiger partial charge in [0.05, 0.1) is 11.0 Å². The van der Waals surface area contributed by atoms with Crippen LogP contribution in [-0.2, 0) is 10.2 Å². The van der Waals surface area contributed by atoms with Crippen molar-refractivity contribution in [2.45, 2.75) is 30.8 Å². The van der Waals surface area contributed by atoms with E-state index in [0.717, 1.165) is 10.0 Å². The van der Waals surface area contributed by atoms with Gasteiger partial charge >= 0.3 is 5.97 Å². The van der Waals surface area contributed by atoms with Crippen LogP contribution in [0.15, 0.2) is 28.7 Å². The summed E-state index contributed by atoms with van der Waals surface area (Å²) in [6, 6.07) is 7.28. The highest BCUT2D eigenvalue weighted by Gasteiger charge is 2.57. The molecule has 0 aromatic heterocycles. The van der Waals surface area contributed by atoms with E-state index in [-0.39, 0.29) is 12.8 Å². The van der Waals surface area contributed by atoms with E-state index < -0.39 is 17.0 Å². The molecule has 16 heavy (non-hydrogen) atoms. The van der Waals surface area contributed by atoms with E-state index in [1.165, 1.54) is 0 Å². The molecule has 3 nitrogen and oxygen atoms in total. The van der Waals surface area contributed by atoms with E-state index in [1.54, 1.807) is 13.0 Å². The van der Waals surface area contributed by atoms with Crippen LogP contribution in [0.2, 0.25) is 0 Å². The fraction of sp³-hybridized carbons (Fsp3) is 0.417. The smallest absolute Gasteiger partial charge is 0.314 e. The number of carboxylic acid groups (broad SMARTS) is 1. The zero-order valence-corrected chi connectivity index (χ0v) is 10.5. The SMILES string of the molecule is CC1(O)CC(C(=O)O)(c2cccc(Br)c2)C1. The lowest BCUT2D eigenvalue weighted by Gasteiger charge is -2.49. The second kappa shape index (κ2) is 3.57. The maximum atomic E-state index is 11.4. The normalized spacial score (nSPS) is 33.2. The molecule has 1 aliphatic rings. The first-order valence-electron chi connectivity index (χ1n) is 5.08. The average Bonchev–Trinajstić information content (AvgIpc) is 2.13. The molecule has 0 bridgehead atoms. The number of aliphatic hydroxyl groups is 1. The third-order valence-electron chi connectivity index (χ3n) is 3.15. The summed E-state index contributed by atoms with van der Waals surface area (Å²) in [5.41, 5.74) is -1.03. The molecule has 86 valence electrons. The molecule has 1 aliphatic carbocycles. The Bertz CT molecular complexity index is 432. The van der Waals surface area contributed by atoms with E-state index in [2.05, 4.69) is 15.9 Å². The first-order valence-corrected chi connectivity index (χ1v) is 5.87. The third kappa shape index (κ3) is 1.76. The summed E-state index contributed by atoms with van der Waals surface area (Å²) < 4.78 is 0.858. The number of hydrogen-bond acceptors (Lipinski definition) is 2. The number of benzene rings is 1. The molecule has 0 spiro atoms. The number of halogens is 1. The Hall–Kier alpha value is -0.870. The summed E-state index contributed by atoms with van der Waals surface area (Å²) in [5, 5.41) is 19.1. The first-order chi connectivity index (χ1) is 7.36. The van der Waals surface area contributed by atoms with E-state index in [1.807, 2.05) is 18.2 Å². The van der Waals surface area contributed by atoms with Crippen LogP contribution in [0.1, 0.15) is 25.3 Å². The molecule has 1 fully saturated rings. The Labute approximate surface area is 102 Å². The van der Waals surface area contributed by atoms with E-state index in [4.69, 9.17) is 0 Å². The topological polar surface area (TPSA) is 57.5 Å². The fourth-order valence-electron chi connectivity index (χ4n) is 2.51. The molecule has 4 heteroatoms. The molecule has 1 aromatic carbocycles. The standard InChI is InChI=1S/C12H13BrO3/c1-11(16)6-12(7-11,10(14)15)8-3-2-4-9(13)5-8/h2-5,16H,6-7H2,1H3,(H,14,15). The Balaban J connectivity index is 2.40. The van der Waals surface area contributed by atoms with Crippen LogP contribution in [0.3, 0.4) is 0 Å². The van der Waals surface area contributed by atoms with Crippen molar-refractivity contribution >= 4 is 21.9 Å². The van der Waals surface area contributed by atoms with Gasteiger partial charge in [0.1, 0.15) is 0 Å². The van der Waals surface area contributed by atoms with Crippen molar-refractivity contribution in [3.8, 4) is 0 Å². The van der Waals surface area contributed by atoms with Crippen LogP contribution in [0, 0.1) is 0 Å². The van der Waals surface area contributed by atoms with Gasteiger partial charge in [0.15, 0.2) is 0 Å². The summed E-state index contributed by atoms with van der Waals surface area (Å²) in [4.78, 5) is 11.4. The highest BCUT2D eigenvalue weighted by Crippen LogP contribution is 2.50. The number of carboxylic acids is 1. The van der Waals surface area contributed by atoms with Crippen molar-refractivity contribution in [3.05, 3.63) is 34.3 Å². The molecule has 0 aliphatic heterocycles. The zero-order chi connectivity index (χ0) is 12.0. The Kier molecular flexibility index (Phi) is 2.59. The lowest BCUT2D eigenvalue weighted by Crippen LogP contribution is -2.57. The molecular weight excluding hydrogens is 272 g/mol. The maximum Gasteiger partial charge on any atom is 0.314 e. The van der Waals surface area contributed by atoms with Gasteiger partial charge in [-0.2, -0.15) is 0 Å². The van der Waals surface area contributed by atoms with Crippen molar-refractivity contribution in [1.29, 1.82) is 0 Å². The van der Waals surface area contributed by atoms with E-state index >= 15 is 0 Å². The highest BCUT2D eigenvalue weighted by molar-refractivity contribution is 9.10. The van der Waals surface area contributed by atoms with Gasteiger partial charge < -0.3 is 10.2 Å². The lowest BCUT2D eigenvalue weighted by molar-refractivity contribution is -0.162. The van der Waals surface area contributed by atoms with Crippen LogP contribution < -0.4 is 0 Å². The quantitative estimate of drug-likeness (QED) is 0.876. The average molecular weight is 285 g/mol. The fourth-order valence-corrected chi connectivity index (χ4v) is 2.91. The minimum Gasteiger partial charge on any atom is -0.481 e. The molecule has 1 saturated carbocycles. The molecule has 2 N–H and O–H groups in total. The third-order valence-corrected chi connectivity index (χ3v) is 3.65. The molecule has 0 unspecified atom stereocenters. The predicted octanol–water partition coefficient (Wildman–Crippen LogP) is 2.32. The summed E-state index contributed by atoms with van der Waals surface area (Å²) >= 11 is 3.33. The molecule has 0 amide bonds. The predicted molar refractivity (Wildman–Crippen MR) is 63.3 cm³/mol. The van der Waals surface area contributed by atoms with Crippen LogP contribution in [0.4, 0.5) is 0 Å². The highest BCUT2D eigenvalue weighted by atomic mass is 79.9.